The van der Waals surface area contributed by atoms with Crippen molar-refractivity contribution in [2.75, 3.05) is 5.32 Å². The minimum absolute atomic E-state index is 0.0330. The Kier molecular flexibility index (Phi) is 3.36. The molecule has 2 rings (SSSR count). The predicted molar refractivity (Wildman–Crippen MR) is 64.1 cm³/mol. The summed E-state index contributed by atoms with van der Waals surface area (Å²) in [5, 5.41) is 13.1. The number of hydrogen-bond acceptors (Lipinski definition) is 4. The summed E-state index contributed by atoms with van der Waals surface area (Å²) in [5.41, 5.74) is 0.426. The van der Waals surface area contributed by atoms with E-state index in [9.17, 15) is 19.7 Å². The van der Waals surface area contributed by atoms with Crippen LogP contribution in [0.15, 0.2) is 24.3 Å². The quantitative estimate of drug-likeness (QED) is 0.502. The lowest BCUT2D eigenvalue weighted by Gasteiger charge is -2.09. The molecule has 1 aliphatic rings. The molecule has 6 nitrogen and oxygen atoms in total. The van der Waals surface area contributed by atoms with Crippen molar-refractivity contribution < 1.29 is 14.5 Å². The minimum atomic E-state index is -0.569. The van der Waals surface area contributed by atoms with E-state index in [1.807, 2.05) is 0 Å². The molecule has 18 heavy (non-hydrogen) atoms. The van der Waals surface area contributed by atoms with Gasteiger partial charge in [0.25, 0.3) is 5.69 Å². The molecule has 0 aromatic heterocycles. The highest BCUT2D eigenvalue weighted by Crippen LogP contribution is 2.23. The van der Waals surface area contributed by atoms with Crippen LogP contribution in [-0.2, 0) is 9.59 Å². The fourth-order valence-corrected chi connectivity index (χ4v) is 1.99. The highest BCUT2D eigenvalue weighted by Gasteiger charge is 2.30. The largest absolute Gasteiger partial charge is 0.325 e. The third-order valence-corrected chi connectivity index (χ3v) is 2.97. The van der Waals surface area contributed by atoms with Crippen LogP contribution in [0.2, 0.25) is 0 Å². The molecular formula is C12H12N2O4. The van der Waals surface area contributed by atoms with E-state index in [0.29, 0.717) is 18.5 Å². The molecule has 0 radical (unpaired) electrons. The Morgan fingerprint density at radius 1 is 1.33 bits per heavy atom. The van der Waals surface area contributed by atoms with Gasteiger partial charge in [-0.15, -0.1) is 0 Å². The maximum atomic E-state index is 11.8. The summed E-state index contributed by atoms with van der Waals surface area (Å²) < 4.78 is 0. The summed E-state index contributed by atoms with van der Waals surface area (Å²) in [4.78, 5) is 33.1. The maximum Gasteiger partial charge on any atom is 0.269 e. The van der Waals surface area contributed by atoms with Crippen LogP contribution in [0.25, 0.3) is 0 Å². The van der Waals surface area contributed by atoms with E-state index in [2.05, 4.69) is 5.32 Å². The molecule has 0 bridgehead atoms. The number of ketones is 1. The van der Waals surface area contributed by atoms with E-state index in [0.717, 1.165) is 6.42 Å². The van der Waals surface area contributed by atoms with Crippen molar-refractivity contribution in [3.63, 3.8) is 0 Å². The standard InChI is InChI=1S/C12H12N2O4/c15-11-3-1-2-10(11)12(16)13-8-4-6-9(7-5-8)14(17)18/h4-7,10H,1-3H2,(H,13,16). The number of nitro benzene ring substituents is 1. The topological polar surface area (TPSA) is 89.3 Å². The fraction of sp³-hybridized carbons (Fsp3) is 0.333. The highest BCUT2D eigenvalue weighted by molar-refractivity contribution is 6.08. The molecule has 6 heteroatoms. The Balaban J connectivity index is 2.03. The Morgan fingerprint density at radius 2 is 2.00 bits per heavy atom. The molecule has 1 amide bonds. The lowest BCUT2D eigenvalue weighted by atomic mass is 10.1. The number of Topliss-reactive ketones (excluding diaryl/α,β-unsaturated/α-hetero) is 1. The molecule has 0 aliphatic heterocycles. The number of carbonyl (C=O) groups excluding carboxylic acids is 2. The van der Waals surface area contributed by atoms with Crippen molar-refractivity contribution in [3.05, 3.63) is 34.4 Å². The third kappa shape index (κ3) is 2.53. The first-order chi connectivity index (χ1) is 8.58. The van der Waals surface area contributed by atoms with E-state index in [4.69, 9.17) is 0 Å². The number of nitrogens with one attached hydrogen (secondary N) is 1. The van der Waals surface area contributed by atoms with Gasteiger partial charge in [-0.05, 0) is 25.0 Å². The number of rotatable bonds is 3. The van der Waals surface area contributed by atoms with Gasteiger partial charge in [0.05, 0.1) is 10.8 Å². The van der Waals surface area contributed by atoms with Crippen molar-refractivity contribution >= 4 is 23.1 Å². The van der Waals surface area contributed by atoms with Crippen LogP contribution in [0.4, 0.5) is 11.4 Å². The van der Waals surface area contributed by atoms with Gasteiger partial charge in [-0.1, -0.05) is 0 Å². The molecule has 1 fully saturated rings. The van der Waals surface area contributed by atoms with Crippen molar-refractivity contribution in [1.29, 1.82) is 0 Å². The third-order valence-electron chi connectivity index (χ3n) is 2.97. The molecule has 94 valence electrons. The number of anilines is 1. The first kappa shape index (κ1) is 12.2. The number of amides is 1. The van der Waals surface area contributed by atoms with Crippen molar-refractivity contribution in [1.82, 2.24) is 0 Å². The summed E-state index contributed by atoms with van der Waals surface area (Å²) in [5.74, 6) is -0.930. The van der Waals surface area contributed by atoms with E-state index in [1.165, 1.54) is 24.3 Å². The van der Waals surface area contributed by atoms with Crippen LogP contribution in [0.1, 0.15) is 19.3 Å². The number of hydrogen-bond donors (Lipinski definition) is 1. The normalized spacial score (nSPS) is 18.7. The fourth-order valence-electron chi connectivity index (χ4n) is 1.99. The van der Waals surface area contributed by atoms with E-state index in [-0.39, 0.29) is 17.4 Å². The monoisotopic (exact) mass is 248 g/mol. The molecule has 1 atom stereocenters. The van der Waals surface area contributed by atoms with Gasteiger partial charge in [0.1, 0.15) is 5.78 Å². The smallest absolute Gasteiger partial charge is 0.269 e. The minimum Gasteiger partial charge on any atom is -0.325 e. The summed E-state index contributed by atoms with van der Waals surface area (Å²) in [6.45, 7) is 0. The molecule has 1 aliphatic carbocycles. The second kappa shape index (κ2) is 4.95. The van der Waals surface area contributed by atoms with E-state index in [1.54, 1.807) is 0 Å². The van der Waals surface area contributed by atoms with Crippen molar-refractivity contribution in [2.45, 2.75) is 19.3 Å². The lowest BCUT2D eigenvalue weighted by Crippen LogP contribution is -2.25. The van der Waals surface area contributed by atoms with Gasteiger partial charge in [-0.3, -0.25) is 19.7 Å². The Hall–Kier alpha value is -2.24. The van der Waals surface area contributed by atoms with Gasteiger partial charge in [-0.2, -0.15) is 0 Å². The molecule has 0 saturated heterocycles. The Labute approximate surface area is 103 Å². The molecule has 1 unspecified atom stereocenters. The van der Waals surface area contributed by atoms with Crippen molar-refractivity contribution in [2.24, 2.45) is 5.92 Å². The van der Waals surface area contributed by atoms with Gasteiger partial charge < -0.3 is 5.32 Å². The van der Waals surface area contributed by atoms with Crippen LogP contribution in [0, 0.1) is 16.0 Å². The van der Waals surface area contributed by atoms with Gasteiger partial charge in [0.15, 0.2) is 0 Å². The van der Waals surface area contributed by atoms with Crippen molar-refractivity contribution in [3.8, 4) is 0 Å². The van der Waals surface area contributed by atoms with Crippen LogP contribution in [0.5, 0.6) is 0 Å². The Bertz CT molecular complexity index is 495. The summed E-state index contributed by atoms with van der Waals surface area (Å²) in [6.07, 6.45) is 1.78. The molecule has 0 heterocycles. The van der Waals surface area contributed by atoms with Crippen LogP contribution in [-0.4, -0.2) is 16.6 Å². The number of benzene rings is 1. The number of nitro groups is 1. The number of non-ortho nitro benzene ring substituents is 1. The summed E-state index contributed by atoms with van der Waals surface area (Å²) >= 11 is 0. The second-order valence-electron chi connectivity index (χ2n) is 4.20. The van der Waals surface area contributed by atoms with Crippen LogP contribution in [0.3, 0.4) is 0 Å². The number of carbonyl (C=O) groups is 2. The zero-order valence-electron chi connectivity index (χ0n) is 9.59. The van der Waals surface area contributed by atoms with Crippen LogP contribution < -0.4 is 5.32 Å². The maximum absolute atomic E-state index is 11.8. The predicted octanol–water partition coefficient (Wildman–Crippen LogP) is 1.90. The number of nitrogens with zero attached hydrogens (tertiary/aromatic N) is 1. The van der Waals surface area contributed by atoms with Crippen LogP contribution >= 0.6 is 0 Å². The summed E-state index contributed by atoms with van der Waals surface area (Å²) in [6, 6.07) is 5.53. The summed E-state index contributed by atoms with van der Waals surface area (Å²) in [7, 11) is 0. The first-order valence-corrected chi connectivity index (χ1v) is 5.66. The lowest BCUT2D eigenvalue weighted by molar-refractivity contribution is -0.384. The first-order valence-electron chi connectivity index (χ1n) is 5.66. The molecule has 0 spiro atoms. The van der Waals surface area contributed by atoms with Gasteiger partial charge >= 0.3 is 0 Å². The average molecular weight is 248 g/mol. The van der Waals surface area contributed by atoms with E-state index < -0.39 is 10.8 Å². The molecular weight excluding hydrogens is 236 g/mol. The molecule has 1 saturated carbocycles. The average Bonchev–Trinajstić information content (AvgIpc) is 2.76. The molecule has 1 aromatic rings. The Morgan fingerprint density at radius 3 is 2.50 bits per heavy atom. The SMILES string of the molecule is O=C1CCCC1C(=O)Nc1ccc([N+](=O)[O-])cc1. The molecule has 1 aromatic carbocycles. The van der Waals surface area contributed by atoms with Gasteiger partial charge in [-0.25, -0.2) is 0 Å². The van der Waals surface area contributed by atoms with Gasteiger partial charge in [0.2, 0.25) is 5.91 Å². The zero-order valence-corrected chi connectivity index (χ0v) is 9.59. The zero-order chi connectivity index (χ0) is 13.1. The van der Waals surface area contributed by atoms with E-state index >= 15 is 0 Å². The highest BCUT2D eigenvalue weighted by atomic mass is 16.6. The molecule has 1 N–H and O–H groups in total. The van der Waals surface area contributed by atoms with Gasteiger partial charge in [0, 0.05) is 24.2 Å². The second-order valence-corrected chi connectivity index (χ2v) is 4.20.